The van der Waals surface area contributed by atoms with Gasteiger partial charge in [0.15, 0.2) is 11.5 Å². The molecule has 5 nitrogen and oxygen atoms in total. The lowest BCUT2D eigenvalue weighted by Crippen LogP contribution is -2.32. The minimum atomic E-state index is -0.118. The Bertz CT molecular complexity index is 759. The third-order valence-electron chi connectivity index (χ3n) is 4.27. The summed E-state index contributed by atoms with van der Waals surface area (Å²) in [5.74, 6) is 2.05. The second-order valence-electron chi connectivity index (χ2n) is 5.91. The second-order valence-corrected chi connectivity index (χ2v) is 5.91. The zero-order valence-corrected chi connectivity index (χ0v) is 13.3. The maximum absolute atomic E-state index is 12.6. The minimum Gasteiger partial charge on any atom is -0.493 e. The van der Waals surface area contributed by atoms with Crippen LogP contribution < -0.4 is 19.5 Å². The summed E-state index contributed by atoms with van der Waals surface area (Å²) in [5, 5.41) is 3.10. The second kappa shape index (κ2) is 6.43. The number of carbonyl (C=O) groups excluding carboxylic acids is 1. The molecule has 0 saturated heterocycles. The number of ether oxygens (including phenoxy) is 3. The van der Waals surface area contributed by atoms with Gasteiger partial charge in [-0.05, 0) is 24.3 Å². The number of fused-ring (bicyclic) bond motifs is 2. The van der Waals surface area contributed by atoms with Crippen LogP contribution in [-0.4, -0.2) is 25.7 Å². The van der Waals surface area contributed by atoms with E-state index in [2.05, 4.69) is 5.32 Å². The Morgan fingerprint density at radius 1 is 0.917 bits per heavy atom. The summed E-state index contributed by atoms with van der Waals surface area (Å²) in [7, 11) is 0. The van der Waals surface area contributed by atoms with Crippen LogP contribution >= 0.6 is 0 Å². The molecule has 4 rings (SSSR count). The van der Waals surface area contributed by atoms with E-state index in [9.17, 15) is 4.79 Å². The van der Waals surface area contributed by atoms with E-state index >= 15 is 0 Å². The molecule has 0 saturated carbocycles. The minimum absolute atomic E-state index is 0.0431. The molecule has 0 spiro atoms. The van der Waals surface area contributed by atoms with Crippen LogP contribution in [0.25, 0.3) is 0 Å². The van der Waals surface area contributed by atoms with Crippen molar-refractivity contribution in [2.45, 2.75) is 18.9 Å². The first kappa shape index (κ1) is 14.9. The fraction of sp³-hybridized carbons (Fsp3) is 0.316. The zero-order chi connectivity index (χ0) is 16.4. The summed E-state index contributed by atoms with van der Waals surface area (Å²) in [6, 6.07) is 13.1. The molecular weight excluding hydrogens is 306 g/mol. The van der Waals surface area contributed by atoms with Crippen LogP contribution in [0.15, 0.2) is 42.5 Å². The highest BCUT2D eigenvalue weighted by molar-refractivity contribution is 5.95. The number of benzene rings is 2. The normalized spacial score (nSPS) is 18.8. The quantitative estimate of drug-likeness (QED) is 0.922. The molecule has 2 aromatic rings. The maximum Gasteiger partial charge on any atom is 0.251 e. The summed E-state index contributed by atoms with van der Waals surface area (Å²) >= 11 is 0. The van der Waals surface area contributed by atoms with E-state index in [4.69, 9.17) is 14.2 Å². The lowest BCUT2D eigenvalue weighted by Gasteiger charge is -2.26. The van der Waals surface area contributed by atoms with Crippen LogP contribution in [0.1, 0.15) is 34.8 Å². The summed E-state index contributed by atoms with van der Waals surface area (Å²) in [6.07, 6.45) is 1.60. The fourth-order valence-electron chi connectivity index (χ4n) is 3.04. The van der Waals surface area contributed by atoms with Gasteiger partial charge in [-0.25, -0.2) is 0 Å². The standard InChI is InChI=1S/C19H19NO4/c21-19(13-6-7-17-18(12-13)23-10-3-9-22-17)20-15-8-11-24-16-5-2-1-4-14(15)16/h1-2,4-7,12,15H,3,8-11H2,(H,20,21)/t15-/m0/s1. The monoisotopic (exact) mass is 325 g/mol. The number of nitrogens with one attached hydrogen (secondary N) is 1. The Labute approximate surface area is 140 Å². The van der Waals surface area contributed by atoms with Gasteiger partial charge in [-0.3, -0.25) is 4.79 Å². The average molecular weight is 325 g/mol. The number of amides is 1. The molecule has 2 aliphatic heterocycles. The molecule has 1 N–H and O–H groups in total. The molecule has 0 aliphatic carbocycles. The van der Waals surface area contributed by atoms with Crippen molar-refractivity contribution in [3.8, 4) is 17.2 Å². The van der Waals surface area contributed by atoms with E-state index in [1.807, 2.05) is 24.3 Å². The zero-order valence-electron chi connectivity index (χ0n) is 13.3. The van der Waals surface area contributed by atoms with Gasteiger partial charge in [-0.15, -0.1) is 0 Å². The van der Waals surface area contributed by atoms with Crippen molar-refractivity contribution in [3.63, 3.8) is 0 Å². The van der Waals surface area contributed by atoms with Gasteiger partial charge in [0.2, 0.25) is 0 Å². The third kappa shape index (κ3) is 2.89. The molecule has 0 unspecified atom stereocenters. The van der Waals surface area contributed by atoms with Crippen molar-refractivity contribution in [1.29, 1.82) is 0 Å². The number of hydrogen-bond donors (Lipinski definition) is 1. The van der Waals surface area contributed by atoms with Gasteiger partial charge in [-0.2, -0.15) is 0 Å². The Morgan fingerprint density at radius 2 is 1.71 bits per heavy atom. The lowest BCUT2D eigenvalue weighted by molar-refractivity contribution is 0.0924. The molecule has 0 aromatic heterocycles. The number of rotatable bonds is 2. The first-order valence-electron chi connectivity index (χ1n) is 8.23. The molecule has 2 aromatic carbocycles. The van der Waals surface area contributed by atoms with Crippen molar-refractivity contribution in [2.75, 3.05) is 19.8 Å². The highest BCUT2D eigenvalue weighted by Gasteiger charge is 2.23. The van der Waals surface area contributed by atoms with Crippen molar-refractivity contribution < 1.29 is 19.0 Å². The Morgan fingerprint density at radius 3 is 2.62 bits per heavy atom. The molecule has 24 heavy (non-hydrogen) atoms. The van der Waals surface area contributed by atoms with Gasteiger partial charge in [0.25, 0.3) is 5.91 Å². The molecule has 0 radical (unpaired) electrons. The summed E-state index contributed by atoms with van der Waals surface area (Å²) in [6.45, 7) is 1.84. The van der Waals surface area contributed by atoms with E-state index in [1.54, 1.807) is 18.2 Å². The van der Waals surface area contributed by atoms with Gasteiger partial charge in [0.05, 0.1) is 25.9 Å². The Hall–Kier alpha value is -2.69. The van der Waals surface area contributed by atoms with Crippen molar-refractivity contribution in [1.82, 2.24) is 5.32 Å². The highest BCUT2D eigenvalue weighted by atomic mass is 16.5. The van der Waals surface area contributed by atoms with E-state index in [-0.39, 0.29) is 11.9 Å². The van der Waals surface area contributed by atoms with Crippen LogP contribution in [0.5, 0.6) is 17.2 Å². The van der Waals surface area contributed by atoms with E-state index in [0.29, 0.717) is 36.9 Å². The Balaban J connectivity index is 1.54. The van der Waals surface area contributed by atoms with Crippen molar-refractivity contribution in [3.05, 3.63) is 53.6 Å². The maximum atomic E-state index is 12.6. The summed E-state index contributed by atoms with van der Waals surface area (Å²) in [4.78, 5) is 12.6. The first-order chi connectivity index (χ1) is 11.8. The highest BCUT2D eigenvalue weighted by Crippen LogP contribution is 2.33. The lowest BCUT2D eigenvalue weighted by atomic mass is 10.00. The molecule has 0 fully saturated rings. The molecule has 1 atom stereocenters. The predicted molar refractivity (Wildman–Crippen MR) is 88.8 cm³/mol. The summed E-state index contributed by atoms with van der Waals surface area (Å²) in [5.41, 5.74) is 1.59. The van der Waals surface area contributed by atoms with Gasteiger partial charge < -0.3 is 19.5 Å². The Kier molecular flexibility index (Phi) is 3.99. The van der Waals surface area contributed by atoms with E-state index in [0.717, 1.165) is 24.2 Å². The van der Waals surface area contributed by atoms with Crippen LogP contribution in [0.2, 0.25) is 0 Å². The molecule has 2 heterocycles. The van der Waals surface area contributed by atoms with Gasteiger partial charge in [0.1, 0.15) is 5.75 Å². The first-order valence-corrected chi connectivity index (χ1v) is 8.23. The molecule has 1 amide bonds. The number of para-hydroxylation sites is 1. The largest absolute Gasteiger partial charge is 0.493 e. The van der Waals surface area contributed by atoms with Crippen LogP contribution in [0, 0.1) is 0 Å². The van der Waals surface area contributed by atoms with Gasteiger partial charge >= 0.3 is 0 Å². The van der Waals surface area contributed by atoms with Crippen molar-refractivity contribution in [2.24, 2.45) is 0 Å². The molecule has 2 aliphatic rings. The fourth-order valence-corrected chi connectivity index (χ4v) is 3.04. The predicted octanol–water partition coefficient (Wildman–Crippen LogP) is 3.10. The molecule has 124 valence electrons. The average Bonchev–Trinajstić information content (AvgIpc) is 2.86. The van der Waals surface area contributed by atoms with E-state index in [1.165, 1.54) is 0 Å². The molecule has 5 heteroatoms. The van der Waals surface area contributed by atoms with Gasteiger partial charge in [-0.1, -0.05) is 18.2 Å². The summed E-state index contributed by atoms with van der Waals surface area (Å²) < 4.78 is 16.9. The van der Waals surface area contributed by atoms with Gasteiger partial charge in [0, 0.05) is 24.0 Å². The molecule has 0 bridgehead atoms. The van der Waals surface area contributed by atoms with Crippen LogP contribution in [-0.2, 0) is 0 Å². The topological polar surface area (TPSA) is 56.8 Å². The SMILES string of the molecule is O=C(N[C@H]1CCOc2ccccc21)c1ccc2c(c1)OCCCO2. The third-order valence-corrected chi connectivity index (χ3v) is 4.27. The molecular formula is C19H19NO4. The van der Waals surface area contributed by atoms with Crippen LogP contribution in [0.3, 0.4) is 0 Å². The number of carbonyl (C=O) groups is 1. The number of hydrogen-bond acceptors (Lipinski definition) is 4. The smallest absolute Gasteiger partial charge is 0.251 e. The van der Waals surface area contributed by atoms with E-state index < -0.39 is 0 Å². The van der Waals surface area contributed by atoms with Crippen molar-refractivity contribution >= 4 is 5.91 Å². The van der Waals surface area contributed by atoms with Crippen LogP contribution in [0.4, 0.5) is 0 Å².